The van der Waals surface area contributed by atoms with E-state index in [0.29, 0.717) is 4.47 Å². The number of carbonyl (C=O) groups is 1. The van der Waals surface area contributed by atoms with Crippen LogP contribution < -0.4 is 0 Å². The van der Waals surface area contributed by atoms with Crippen LogP contribution in [0.25, 0.3) is 0 Å². The van der Waals surface area contributed by atoms with Crippen LogP contribution in [0, 0.1) is 5.82 Å². The number of phenolic OH excluding ortho intramolecular Hbond substituents is 1. The Morgan fingerprint density at radius 2 is 2.18 bits per heavy atom. The molecule has 11 heavy (non-hydrogen) atoms. The maximum Gasteiger partial charge on any atom is 0.156 e. The average molecular weight is 219 g/mol. The average Bonchev–Trinajstić information content (AvgIpc) is 1.99. The van der Waals surface area contributed by atoms with Crippen molar-refractivity contribution in [2.24, 2.45) is 0 Å². The summed E-state index contributed by atoms with van der Waals surface area (Å²) in [5, 5.41) is 9.06. The Labute approximate surface area is 70.8 Å². The van der Waals surface area contributed by atoms with Gasteiger partial charge in [-0.05, 0) is 28.1 Å². The minimum atomic E-state index is -0.722. The molecule has 1 N–H and O–H groups in total. The van der Waals surface area contributed by atoms with Crippen molar-refractivity contribution in [1.82, 2.24) is 0 Å². The summed E-state index contributed by atoms with van der Waals surface area (Å²) in [5.74, 6) is -1.08. The molecule has 0 spiro atoms. The summed E-state index contributed by atoms with van der Waals surface area (Å²) in [4.78, 5) is 10.2. The summed E-state index contributed by atoms with van der Waals surface area (Å²) < 4.78 is 12.9. The minimum Gasteiger partial charge on any atom is -0.506 e. The third-order valence-electron chi connectivity index (χ3n) is 1.23. The van der Waals surface area contributed by atoms with E-state index < -0.39 is 5.82 Å². The first-order valence-corrected chi connectivity index (χ1v) is 3.58. The monoisotopic (exact) mass is 218 g/mol. The summed E-state index contributed by atoms with van der Waals surface area (Å²) in [7, 11) is 0. The number of hydrogen-bond donors (Lipinski definition) is 1. The Kier molecular flexibility index (Phi) is 2.24. The number of benzene rings is 1. The van der Waals surface area contributed by atoms with E-state index in [9.17, 15) is 9.18 Å². The second kappa shape index (κ2) is 3.00. The molecule has 0 unspecified atom stereocenters. The van der Waals surface area contributed by atoms with Gasteiger partial charge in [-0.25, -0.2) is 4.39 Å². The highest BCUT2D eigenvalue weighted by molar-refractivity contribution is 9.10. The lowest BCUT2D eigenvalue weighted by Crippen LogP contribution is -1.88. The maximum atomic E-state index is 12.6. The third-order valence-corrected chi connectivity index (χ3v) is 1.87. The van der Waals surface area contributed by atoms with Crippen molar-refractivity contribution < 1.29 is 14.3 Å². The van der Waals surface area contributed by atoms with Crippen molar-refractivity contribution in [1.29, 1.82) is 0 Å². The van der Waals surface area contributed by atoms with E-state index in [1.165, 1.54) is 6.07 Å². The van der Waals surface area contributed by atoms with Gasteiger partial charge < -0.3 is 5.11 Å². The number of aromatic hydroxyl groups is 1. The molecular formula is C7H4BrFO2. The zero-order chi connectivity index (χ0) is 8.43. The van der Waals surface area contributed by atoms with Crippen molar-refractivity contribution in [2.75, 3.05) is 0 Å². The standard InChI is InChI=1S/C7H4BrFO2/c8-5-1-2-6(9)4(3-10)7(5)11/h1-3,11H. The van der Waals surface area contributed by atoms with Crippen LogP contribution in [0.3, 0.4) is 0 Å². The first-order chi connectivity index (χ1) is 5.16. The van der Waals surface area contributed by atoms with Gasteiger partial charge in [0, 0.05) is 0 Å². The van der Waals surface area contributed by atoms with E-state index in [1.807, 2.05) is 0 Å². The number of hydrogen-bond acceptors (Lipinski definition) is 2. The number of halogens is 2. The fourth-order valence-corrected chi connectivity index (χ4v) is 1.01. The van der Waals surface area contributed by atoms with Gasteiger partial charge in [0.2, 0.25) is 0 Å². The second-order valence-electron chi connectivity index (χ2n) is 1.91. The molecular weight excluding hydrogens is 215 g/mol. The molecule has 0 aliphatic carbocycles. The summed E-state index contributed by atoms with van der Waals surface area (Å²) in [6, 6.07) is 2.44. The molecule has 0 bridgehead atoms. The van der Waals surface area contributed by atoms with Crippen LogP contribution in [0.1, 0.15) is 10.4 Å². The summed E-state index contributed by atoms with van der Waals surface area (Å²) in [6.45, 7) is 0. The predicted octanol–water partition coefficient (Wildman–Crippen LogP) is 2.11. The van der Waals surface area contributed by atoms with Gasteiger partial charge in [0.1, 0.15) is 11.6 Å². The molecule has 0 atom stereocenters. The van der Waals surface area contributed by atoms with E-state index in [0.717, 1.165) is 6.07 Å². The molecule has 0 fully saturated rings. The van der Waals surface area contributed by atoms with Gasteiger partial charge in [-0.15, -0.1) is 0 Å². The molecule has 0 aromatic heterocycles. The van der Waals surface area contributed by atoms with Gasteiger partial charge >= 0.3 is 0 Å². The maximum absolute atomic E-state index is 12.6. The Balaban J connectivity index is 3.40. The molecule has 1 aromatic carbocycles. The number of aldehydes is 1. The molecule has 4 heteroatoms. The largest absolute Gasteiger partial charge is 0.506 e. The van der Waals surface area contributed by atoms with Crippen LogP contribution in [0.5, 0.6) is 5.75 Å². The van der Waals surface area contributed by atoms with Gasteiger partial charge in [0.25, 0.3) is 0 Å². The van der Waals surface area contributed by atoms with Crippen molar-refractivity contribution in [2.45, 2.75) is 0 Å². The SMILES string of the molecule is O=Cc1c(F)ccc(Br)c1O. The molecule has 0 amide bonds. The highest BCUT2D eigenvalue weighted by Gasteiger charge is 2.09. The quantitative estimate of drug-likeness (QED) is 0.734. The highest BCUT2D eigenvalue weighted by atomic mass is 79.9. The Morgan fingerprint density at radius 1 is 1.55 bits per heavy atom. The molecule has 1 rings (SSSR count). The smallest absolute Gasteiger partial charge is 0.156 e. The lowest BCUT2D eigenvalue weighted by Gasteiger charge is -1.99. The topological polar surface area (TPSA) is 37.3 Å². The Hall–Kier alpha value is -0.900. The Morgan fingerprint density at radius 3 is 2.64 bits per heavy atom. The van der Waals surface area contributed by atoms with Crippen LogP contribution in [0.4, 0.5) is 4.39 Å². The molecule has 0 saturated carbocycles. The van der Waals surface area contributed by atoms with E-state index in [4.69, 9.17) is 5.11 Å². The molecule has 0 saturated heterocycles. The molecule has 0 radical (unpaired) electrons. The number of carbonyl (C=O) groups excluding carboxylic acids is 1. The lowest BCUT2D eigenvalue weighted by molar-refractivity contribution is 0.111. The zero-order valence-corrected chi connectivity index (χ0v) is 6.93. The molecule has 2 nitrogen and oxygen atoms in total. The molecule has 0 heterocycles. The molecule has 58 valence electrons. The zero-order valence-electron chi connectivity index (χ0n) is 5.34. The van der Waals surface area contributed by atoms with Crippen LogP contribution in [-0.4, -0.2) is 11.4 Å². The van der Waals surface area contributed by atoms with Crippen molar-refractivity contribution >= 4 is 22.2 Å². The van der Waals surface area contributed by atoms with Crippen molar-refractivity contribution in [3.8, 4) is 5.75 Å². The molecule has 1 aromatic rings. The minimum absolute atomic E-state index is 0.273. The second-order valence-corrected chi connectivity index (χ2v) is 2.76. The third kappa shape index (κ3) is 1.40. The summed E-state index contributed by atoms with van der Waals surface area (Å²) in [6.07, 6.45) is 0.273. The van der Waals surface area contributed by atoms with Gasteiger partial charge in [-0.2, -0.15) is 0 Å². The van der Waals surface area contributed by atoms with Crippen LogP contribution in [0.15, 0.2) is 16.6 Å². The summed E-state index contributed by atoms with van der Waals surface area (Å²) in [5.41, 5.74) is -0.320. The van der Waals surface area contributed by atoms with E-state index in [2.05, 4.69) is 15.9 Å². The normalized spacial score (nSPS) is 9.64. The van der Waals surface area contributed by atoms with Crippen molar-refractivity contribution in [3.05, 3.63) is 28.0 Å². The van der Waals surface area contributed by atoms with Crippen LogP contribution >= 0.6 is 15.9 Å². The fraction of sp³-hybridized carbons (Fsp3) is 0. The first kappa shape index (κ1) is 8.20. The van der Waals surface area contributed by atoms with Gasteiger partial charge in [-0.3, -0.25) is 4.79 Å². The summed E-state index contributed by atoms with van der Waals surface area (Å²) >= 11 is 2.95. The van der Waals surface area contributed by atoms with Gasteiger partial charge in [0.05, 0.1) is 10.0 Å². The number of rotatable bonds is 1. The van der Waals surface area contributed by atoms with Crippen LogP contribution in [-0.2, 0) is 0 Å². The number of phenols is 1. The van der Waals surface area contributed by atoms with Crippen LogP contribution in [0.2, 0.25) is 0 Å². The fourth-order valence-electron chi connectivity index (χ4n) is 0.669. The van der Waals surface area contributed by atoms with Gasteiger partial charge in [0.15, 0.2) is 6.29 Å². The van der Waals surface area contributed by atoms with Crippen molar-refractivity contribution in [3.63, 3.8) is 0 Å². The lowest BCUT2D eigenvalue weighted by atomic mass is 10.2. The first-order valence-electron chi connectivity index (χ1n) is 2.79. The highest BCUT2D eigenvalue weighted by Crippen LogP contribution is 2.27. The van der Waals surface area contributed by atoms with E-state index >= 15 is 0 Å². The van der Waals surface area contributed by atoms with Gasteiger partial charge in [-0.1, -0.05) is 0 Å². The molecule has 0 aliphatic heterocycles. The molecule has 0 aliphatic rings. The van der Waals surface area contributed by atoms with E-state index in [1.54, 1.807) is 0 Å². The Bertz CT molecular complexity index is 299. The predicted molar refractivity (Wildman–Crippen MR) is 41.2 cm³/mol. The van der Waals surface area contributed by atoms with E-state index in [-0.39, 0.29) is 17.6 Å².